The van der Waals surface area contributed by atoms with Crippen LogP contribution in [0.5, 0.6) is 5.75 Å². The standard InChI is InChI=1S/C14H10ClNO2/c15-14-8-6-10(9-16-14)5-7-13(18)11-3-1-2-4-12(11)17/h1-9,17H. The number of nitrogens with zero attached hydrogens (tertiary/aromatic N) is 1. The average molecular weight is 260 g/mol. The Hall–Kier alpha value is -2.13. The Kier molecular flexibility index (Phi) is 3.75. The van der Waals surface area contributed by atoms with E-state index >= 15 is 0 Å². The third-order valence-electron chi connectivity index (χ3n) is 2.35. The van der Waals surface area contributed by atoms with E-state index in [1.165, 1.54) is 12.1 Å². The van der Waals surface area contributed by atoms with Crippen LogP contribution >= 0.6 is 11.6 Å². The highest BCUT2D eigenvalue weighted by molar-refractivity contribution is 6.29. The van der Waals surface area contributed by atoms with Crippen LogP contribution in [0.15, 0.2) is 48.7 Å². The van der Waals surface area contributed by atoms with E-state index in [-0.39, 0.29) is 17.1 Å². The number of carbonyl (C=O) groups is 1. The van der Waals surface area contributed by atoms with Crippen molar-refractivity contribution in [3.63, 3.8) is 0 Å². The van der Waals surface area contributed by atoms with Gasteiger partial charge in [0, 0.05) is 6.20 Å². The van der Waals surface area contributed by atoms with Crippen LogP contribution in [0.3, 0.4) is 0 Å². The van der Waals surface area contributed by atoms with Crippen molar-refractivity contribution < 1.29 is 9.90 Å². The normalized spacial score (nSPS) is 10.7. The lowest BCUT2D eigenvalue weighted by Gasteiger charge is -1.98. The minimum atomic E-state index is -0.261. The van der Waals surface area contributed by atoms with Crippen molar-refractivity contribution in [1.82, 2.24) is 4.98 Å². The summed E-state index contributed by atoms with van der Waals surface area (Å²) in [7, 11) is 0. The lowest BCUT2D eigenvalue weighted by atomic mass is 10.1. The number of rotatable bonds is 3. The lowest BCUT2D eigenvalue weighted by Crippen LogP contribution is -1.94. The molecule has 1 N–H and O–H groups in total. The van der Waals surface area contributed by atoms with Crippen LogP contribution < -0.4 is 0 Å². The van der Waals surface area contributed by atoms with Gasteiger partial charge in [0.25, 0.3) is 0 Å². The molecular weight excluding hydrogens is 250 g/mol. The molecule has 0 spiro atoms. The van der Waals surface area contributed by atoms with Crippen molar-refractivity contribution in [2.45, 2.75) is 0 Å². The molecule has 2 aromatic rings. The zero-order valence-corrected chi connectivity index (χ0v) is 10.1. The summed E-state index contributed by atoms with van der Waals surface area (Å²) in [6.45, 7) is 0. The maximum absolute atomic E-state index is 11.8. The smallest absolute Gasteiger partial charge is 0.189 e. The SMILES string of the molecule is O=C(C=Cc1ccc(Cl)nc1)c1ccccc1O. The second-order valence-corrected chi connectivity index (χ2v) is 4.02. The molecule has 0 unspecified atom stereocenters. The molecule has 0 saturated heterocycles. The fourth-order valence-electron chi connectivity index (χ4n) is 1.43. The summed E-state index contributed by atoms with van der Waals surface area (Å²) < 4.78 is 0. The Bertz CT molecular complexity index is 591. The van der Waals surface area contributed by atoms with E-state index in [0.29, 0.717) is 5.15 Å². The number of para-hydroxylation sites is 1. The Morgan fingerprint density at radius 2 is 2.00 bits per heavy atom. The zero-order valence-electron chi connectivity index (χ0n) is 9.38. The number of halogens is 1. The van der Waals surface area contributed by atoms with Gasteiger partial charge in [-0.05, 0) is 35.9 Å². The van der Waals surface area contributed by atoms with E-state index in [1.54, 1.807) is 42.6 Å². The first-order valence-corrected chi connectivity index (χ1v) is 5.66. The molecule has 0 aliphatic carbocycles. The van der Waals surface area contributed by atoms with E-state index in [2.05, 4.69) is 4.98 Å². The highest BCUT2D eigenvalue weighted by Crippen LogP contribution is 2.17. The number of allylic oxidation sites excluding steroid dienone is 1. The summed E-state index contributed by atoms with van der Waals surface area (Å²) in [5, 5.41) is 9.93. The summed E-state index contributed by atoms with van der Waals surface area (Å²) in [6.07, 6.45) is 4.58. The maximum Gasteiger partial charge on any atom is 0.189 e. The number of hydrogen-bond donors (Lipinski definition) is 1. The van der Waals surface area contributed by atoms with Crippen LogP contribution in [0.2, 0.25) is 5.15 Å². The molecule has 3 nitrogen and oxygen atoms in total. The van der Waals surface area contributed by atoms with Gasteiger partial charge in [0.1, 0.15) is 10.9 Å². The van der Waals surface area contributed by atoms with Crippen LogP contribution in [-0.2, 0) is 0 Å². The van der Waals surface area contributed by atoms with Gasteiger partial charge >= 0.3 is 0 Å². The number of ketones is 1. The number of carbonyl (C=O) groups excluding carboxylic acids is 1. The molecule has 0 saturated carbocycles. The van der Waals surface area contributed by atoms with Crippen molar-refractivity contribution in [3.8, 4) is 5.75 Å². The van der Waals surface area contributed by atoms with E-state index < -0.39 is 0 Å². The molecule has 1 heterocycles. The number of benzene rings is 1. The molecular formula is C14H10ClNO2. The minimum Gasteiger partial charge on any atom is -0.507 e. The number of pyridine rings is 1. The molecule has 0 bridgehead atoms. The minimum absolute atomic E-state index is 0.0265. The lowest BCUT2D eigenvalue weighted by molar-refractivity contribution is 0.104. The predicted molar refractivity (Wildman–Crippen MR) is 70.7 cm³/mol. The molecule has 90 valence electrons. The topological polar surface area (TPSA) is 50.2 Å². The monoisotopic (exact) mass is 259 g/mol. The van der Waals surface area contributed by atoms with E-state index in [9.17, 15) is 9.90 Å². The van der Waals surface area contributed by atoms with Gasteiger partial charge in [0.15, 0.2) is 5.78 Å². The zero-order chi connectivity index (χ0) is 13.0. The highest BCUT2D eigenvalue weighted by atomic mass is 35.5. The Morgan fingerprint density at radius 3 is 2.67 bits per heavy atom. The molecule has 0 aliphatic heterocycles. The molecule has 0 amide bonds. The van der Waals surface area contributed by atoms with Gasteiger partial charge in [-0.2, -0.15) is 0 Å². The second-order valence-electron chi connectivity index (χ2n) is 3.63. The van der Waals surface area contributed by atoms with Crippen LogP contribution in [0.4, 0.5) is 0 Å². The number of phenols is 1. The average Bonchev–Trinajstić information content (AvgIpc) is 2.38. The third kappa shape index (κ3) is 2.96. The molecule has 1 aromatic heterocycles. The fraction of sp³-hybridized carbons (Fsp3) is 0. The van der Waals surface area contributed by atoms with Gasteiger partial charge in [-0.15, -0.1) is 0 Å². The van der Waals surface area contributed by atoms with Crippen molar-refractivity contribution in [3.05, 3.63) is 65.0 Å². The van der Waals surface area contributed by atoms with E-state index in [1.807, 2.05) is 0 Å². The summed E-state index contributed by atoms with van der Waals surface area (Å²) in [6, 6.07) is 9.81. The van der Waals surface area contributed by atoms with Crippen LogP contribution in [-0.4, -0.2) is 15.9 Å². The molecule has 0 radical (unpaired) electrons. The first kappa shape index (κ1) is 12.3. The van der Waals surface area contributed by atoms with E-state index in [0.717, 1.165) is 5.56 Å². The Labute approximate surface area is 109 Å². The first-order chi connectivity index (χ1) is 8.66. The van der Waals surface area contributed by atoms with Gasteiger partial charge in [-0.3, -0.25) is 4.79 Å². The van der Waals surface area contributed by atoms with Gasteiger partial charge in [-0.1, -0.05) is 29.8 Å². The number of hydrogen-bond acceptors (Lipinski definition) is 3. The van der Waals surface area contributed by atoms with Gasteiger partial charge < -0.3 is 5.11 Å². The summed E-state index contributed by atoms with van der Waals surface area (Å²) in [4.78, 5) is 15.7. The maximum atomic E-state index is 11.8. The fourth-order valence-corrected chi connectivity index (χ4v) is 1.54. The molecule has 2 rings (SSSR count). The van der Waals surface area contributed by atoms with Crippen molar-refractivity contribution in [2.75, 3.05) is 0 Å². The first-order valence-electron chi connectivity index (χ1n) is 5.29. The van der Waals surface area contributed by atoms with Gasteiger partial charge in [0.2, 0.25) is 0 Å². The molecule has 1 aromatic carbocycles. The largest absolute Gasteiger partial charge is 0.507 e. The number of aromatic nitrogens is 1. The summed E-state index contributed by atoms with van der Waals surface area (Å²) >= 11 is 5.66. The second kappa shape index (κ2) is 5.47. The molecule has 0 fully saturated rings. The van der Waals surface area contributed by atoms with Gasteiger partial charge in [0.05, 0.1) is 5.56 Å². The molecule has 0 aliphatic rings. The highest BCUT2D eigenvalue weighted by Gasteiger charge is 2.06. The van der Waals surface area contributed by atoms with Gasteiger partial charge in [-0.25, -0.2) is 4.98 Å². The van der Waals surface area contributed by atoms with Crippen molar-refractivity contribution >= 4 is 23.5 Å². The van der Waals surface area contributed by atoms with Crippen LogP contribution in [0, 0.1) is 0 Å². The summed E-state index contributed by atoms with van der Waals surface area (Å²) in [5.74, 6) is -0.288. The quantitative estimate of drug-likeness (QED) is 0.522. The summed E-state index contributed by atoms with van der Waals surface area (Å²) in [5.41, 5.74) is 1.04. The number of aromatic hydroxyl groups is 1. The Morgan fingerprint density at radius 1 is 1.22 bits per heavy atom. The molecule has 4 heteroatoms. The van der Waals surface area contributed by atoms with Crippen molar-refractivity contribution in [1.29, 1.82) is 0 Å². The van der Waals surface area contributed by atoms with Crippen LogP contribution in [0.1, 0.15) is 15.9 Å². The third-order valence-corrected chi connectivity index (χ3v) is 2.57. The Balaban J connectivity index is 2.17. The van der Waals surface area contributed by atoms with Crippen LogP contribution in [0.25, 0.3) is 6.08 Å². The molecule has 18 heavy (non-hydrogen) atoms. The van der Waals surface area contributed by atoms with Crippen molar-refractivity contribution in [2.24, 2.45) is 0 Å². The van der Waals surface area contributed by atoms with E-state index in [4.69, 9.17) is 11.6 Å². The molecule has 0 atom stereocenters. The predicted octanol–water partition coefficient (Wildman–Crippen LogP) is 3.34. The number of phenolic OH excluding ortho intramolecular Hbond substituents is 1.